The highest BCUT2D eigenvalue weighted by molar-refractivity contribution is 5.75. The lowest BCUT2D eigenvalue weighted by Gasteiger charge is -2.08. The second kappa shape index (κ2) is 4.54. The van der Waals surface area contributed by atoms with Crippen molar-refractivity contribution in [3.8, 4) is 23.1 Å². The molecule has 84 valence electrons. The number of nitrogens with zero attached hydrogens (tertiary/aromatic N) is 2. The first-order valence-corrected chi connectivity index (χ1v) is 5.06. The normalized spacial score (nSPS) is 9.65. The second-order valence-corrected chi connectivity index (χ2v) is 3.46. The van der Waals surface area contributed by atoms with E-state index in [1.807, 2.05) is 36.4 Å². The van der Waals surface area contributed by atoms with Crippen LogP contribution in [0.15, 0.2) is 36.4 Å². The van der Waals surface area contributed by atoms with Crippen LogP contribution >= 0.6 is 0 Å². The van der Waals surface area contributed by atoms with E-state index in [0.29, 0.717) is 11.4 Å². The lowest BCUT2D eigenvalue weighted by molar-refractivity contribution is 0.397. The molecule has 0 radical (unpaired) electrons. The summed E-state index contributed by atoms with van der Waals surface area (Å²) in [4.78, 5) is 4.07. The molecule has 0 atom stereocenters. The third kappa shape index (κ3) is 2.04. The van der Waals surface area contributed by atoms with Gasteiger partial charge in [0.2, 0.25) is 5.88 Å². The molecule has 0 aliphatic heterocycles. The molecule has 0 saturated heterocycles. The van der Waals surface area contributed by atoms with E-state index in [2.05, 4.69) is 4.98 Å². The minimum atomic E-state index is 0.254. The molecular formula is C13H11N3O. The van der Waals surface area contributed by atoms with Gasteiger partial charge in [0.05, 0.1) is 7.11 Å². The molecule has 0 spiro atoms. The molecule has 17 heavy (non-hydrogen) atoms. The van der Waals surface area contributed by atoms with E-state index in [-0.39, 0.29) is 5.88 Å². The quantitative estimate of drug-likeness (QED) is 0.850. The first-order valence-electron chi connectivity index (χ1n) is 5.06. The van der Waals surface area contributed by atoms with Crippen LogP contribution in [0.4, 0.5) is 5.82 Å². The maximum atomic E-state index is 9.00. The number of hydrogen-bond acceptors (Lipinski definition) is 4. The number of pyridine rings is 1. The summed E-state index contributed by atoms with van der Waals surface area (Å²) in [5, 5.41) is 9.00. The molecule has 0 saturated carbocycles. The number of nitrogen functional groups attached to an aromatic ring is 1. The van der Waals surface area contributed by atoms with Gasteiger partial charge in [0.1, 0.15) is 17.5 Å². The van der Waals surface area contributed by atoms with E-state index in [4.69, 9.17) is 15.7 Å². The van der Waals surface area contributed by atoms with Gasteiger partial charge in [-0.25, -0.2) is 0 Å². The summed E-state index contributed by atoms with van der Waals surface area (Å²) in [6.07, 6.45) is 0. The van der Waals surface area contributed by atoms with Crippen LogP contribution in [-0.4, -0.2) is 12.1 Å². The van der Waals surface area contributed by atoms with Crippen molar-refractivity contribution in [1.29, 1.82) is 5.26 Å². The fraction of sp³-hybridized carbons (Fsp3) is 0.0769. The highest BCUT2D eigenvalue weighted by atomic mass is 16.5. The maximum absolute atomic E-state index is 9.00. The summed E-state index contributed by atoms with van der Waals surface area (Å²) in [5.41, 5.74) is 7.89. The van der Waals surface area contributed by atoms with Crippen molar-refractivity contribution in [3.63, 3.8) is 0 Å². The zero-order chi connectivity index (χ0) is 12.3. The molecule has 1 heterocycles. The topological polar surface area (TPSA) is 71.9 Å². The first-order chi connectivity index (χ1) is 8.26. The summed E-state index contributed by atoms with van der Waals surface area (Å²) in [6, 6.07) is 13.3. The Morgan fingerprint density at radius 3 is 2.59 bits per heavy atom. The average molecular weight is 225 g/mol. The van der Waals surface area contributed by atoms with Crippen LogP contribution in [0.5, 0.6) is 5.88 Å². The molecule has 4 nitrogen and oxygen atoms in total. The predicted molar refractivity (Wildman–Crippen MR) is 65.4 cm³/mol. The molecule has 1 aromatic heterocycles. The summed E-state index contributed by atoms with van der Waals surface area (Å²) in [6.45, 7) is 0. The number of nitriles is 1. The van der Waals surface area contributed by atoms with Gasteiger partial charge in [-0.2, -0.15) is 10.2 Å². The molecule has 0 unspecified atom stereocenters. The third-order valence-electron chi connectivity index (χ3n) is 2.42. The SMILES string of the molecule is COc1nc(N)c(-c2ccccc2)cc1C#N. The number of hydrogen-bond donors (Lipinski definition) is 1. The molecule has 4 heteroatoms. The van der Waals surface area contributed by atoms with Gasteiger partial charge in [-0.15, -0.1) is 0 Å². The van der Waals surface area contributed by atoms with Crippen molar-refractivity contribution < 1.29 is 4.74 Å². The van der Waals surface area contributed by atoms with Crippen molar-refractivity contribution in [3.05, 3.63) is 42.0 Å². The predicted octanol–water partition coefficient (Wildman–Crippen LogP) is 2.21. The fourth-order valence-electron chi connectivity index (χ4n) is 1.59. The minimum absolute atomic E-state index is 0.254. The van der Waals surface area contributed by atoms with E-state index in [1.54, 1.807) is 6.07 Å². The largest absolute Gasteiger partial charge is 0.480 e. The van der Waals surface area contributed by atoms with Gasteiger partial charge < -0.3 is 10.5 Å². The van der Waals surface area contributed by atoms with Crippen molar-refractivity contribution >= 4 is 5.82 Å². The molecule has 0 fully saturated rings. The smallest absolute Gasteiger partial charge is 0.233 e. The van der Waals surface area contributed by atoms with E-state index in [0.717, 1.165) is 11.1 Å². The Bertz CT molecular complexity index is 573. The van der Waals surface area contributed by atoms with Gasteiger partial charge >= 0.3 is 0 Å². The Morgan fingerprint density at radius 2 is 2.00 bits per heavy atom. The monoisotopic (exact) mass is 225 g/mol. The zero-order valence-electron chi connectivity index (χ0n) is 9.34. The van der Waals surface area contributed by atoms with E-state index < -0.39 is 0 Å². The molecule has 2 aromatic rings. The third-order valence-corrected chi connectivity index (χ3v) is 2.42. The average Bonchev–Trinajstić information content (AvgIpc) is 2.39. The maximum Gasteiger partial charge on any atom is 0.233 e. The number of aromatic nitrogens is 1. The lowest BCUT2D eigenvalue weighted by atomic mass is 10.1. The highest BCUT2D eigenvalue weighted by Crippen LogP contribution is 2.29. The van der Waals surface area contributed by atoms with Crippen molar-refractivity contribution in [2.45, 2.75) is 0 Å². The van der Waals surface area contributed by atoms with Crippen LogP contribution in [-0.2, 0) is 0 Å². The summed E-state index contributed by atoms with van der Waals surface area (Å²) in [5.74, 6) is 0.608. The van der Waals surface area contributed by atoms with Crippen molar-refractivity contribution in [2.24, 2.45) is 0 Å². The van der Waals surface area contributed by atoms with Crippen LogP contribution in [0.3, 0.4) is 0 Å². The van der Waals surface area contributed by atoms with E-state index >= 15 is 0 Å². The van der Waals surface area contributed by atoms with E-state index in [9.17, 15) is 0 Å². The summed E-state index contributed by atoms with van der Waals surface area (Å²) >= 11 is 0. The zero-order valence-corrected chi connectivity index (χ0v) is 9.34. The van der Waals surface area contributed by atoms with Crippen LogP contribution in [0.25, 0.3) is 11.1 Å². The summed E-state index contributed by atoms with van der Waals surface area (Å²) < 4.78 is 4.99. The highest BCUT2D eigenvalue weighted by Gasteiger charge is 2.11. The summed E-state index contributed by atoms with van der Waals surface area (Å²) in [7, 11) is 1.46. The van der Waals surface area contributed by atoms with Crippen LogP contribution in [0, 0.1) is 11.3 Å². The number of rotatable bonds is 2. The molecular weight excluding hydrogens is 214 g/mol. The molecule has 0 aliphatic carbocycles. The van der Waals surface area contributed by atoms with Gasteiger partial charge in [-0.3, -0.25) is 0 Å². The van der Waals surface area contributed by atoms with Gasteiger partial charge in [0, 0.05) is 5.56 Å². The van der Waals surface area contributed by atoms with Crippen molar-refractivity contribution in [2.75, 3.05) is 12.8 Å². The first kappa shape index (κ1) is 11.0. The number of methoxy groups -OCH3 is 1. The van der Waals surface area contributed by atoms with Crippen molar-refractivity contribution in [1.82, 2.24) is 4.98 Å². The standard InChI is InChI=1S/C13H11N3O/c1-17-13-10(8-14)7-11(12(15)16-13)9-5-3-2-4-6-9/h2-7H,1H3,(H2,15,16). The molecule has 0 aliphatic rings. The number of nitrogens with two attached hydrogens (primary N) is 1. The molecule has 2 rings (SSSR count). The van der Waals surface area contributed by atoms with E-state index in [1.165, 1.54) is 7.11 Å². The van der Waals surface area contributed by atoms with Gasteiger partial charge in [-0.05, 0) is 11.6 Å². The van der Waals surface area contributed by atoms with Crippen LogP contribution in [0.2, 0.25) is 0 Å². The number of ether oxygens (including phenoxy) is 1. The van der Waals surface area contributed by atoms with Gasteiger partial charge in [0.25, 0.3) is 0 Å². The number of benzene rings is 1. The van der Waals surface area contributed by atoms with Gasteiger partial charge in [0.15, 0.2) is 0 Å². The minimum Gasteiger partial charge on any atom is -0.480 e. The molecule has 0 amide bonds. The Kier molecular flexibility index (Phi) is 2.93. The molecule has 0 bridgehead atoms. The Labute approximate surface area is 99.3 Å². The molecule has 2 N–H and O–H groups in total. The second-order valence-electron chi connectivity index (χ2n) is 3.46. The van der Waals surface area contributed by atoms with Crippen LogP contribution in [0.1, 0.15) is 5.56 Å². The van der Waals surface area contributed by atoms with Gasteiger partial charge in [-0.1, -0.05) is 30.3 Å². The lowest BCUT2D eigenvalue weighted by Crippen LogP contribution is -1.99. The number of anilines is 1. The Balaban J connectivity index is 2.61. The van der Waals surface area contributed by atoms with Crippen LogP contribution < -0.4 is 10.5 Å². The Morgan fingerprint density at radius 1 is 1.29 bits per heavy atom. The fourth-order valence-corrected chi connectivity index (χ4v) is 1.59. The Hall–Kier alpha value is -2.54. The molecule has 1 aromatic carbocycles.